The third-order valence-electron chi connectivity index (χ3n) is 10.3. The average molecular weight is 525 g/mol. The molecule has 3 aliphatic rings. The fourth-order valence-electron chi connectivity index (χ4n) is 7.82. The predicted octanol–water partition coefficient (Wildman–Crippen LogP) is 11.6. The van der Waals surface area contributed by atoms with Gasteiger partial charge in [-0.15, -0.1) is 0 Å². The molecule has 0 aliphatic heterocycles. The summed E-state index contributed by atoms with van der Waals surface area (Å²) >= 11 is 0. The van der Waals surface area contributed by atoms with Crippen LogP contribution in [0.1, 0.15) is 146 Å². The molecular weight excluding hydrogens is 470 g/mol. The van der Waals surface area contributed by atoms with Gasteiger partial charge in [0.1, 0.15) is 0 Å². The van der Waals surface area contributed by atoms with Crippen molar-refractivity contribution in [1.82, 2.24) is 0 Å². The number of benzene rings is 1. The van der Waals surface area contributed by atoms with Crippen LogP contribution in [0.3, 0.4) is 0 Å². The summed E-state index contributed by atoms with van der Waals surface area (Å²) in [6.45, 7) is 4.45. The van der Waals surface area contributed by atoms with Crippen LogP contribution in [0.15, 0.2) is 35.9 Å². The fraction of sp³-hybridized carbons (Fsp3) is 0.722. The SMILES string of the molecule is CC/C=C/C1CCC(C2CCC(C3=CCC(c4ccc(CCCCCCCC)c(F)c4F)CC3)CC2)CC1. The number of aryl methyl sites for hydroxylation is 1. The highest BCUT2D eigenvalue weighted by Gasteiger charge is 2.32. The molecule has 2 fully saturated rings. The van der Waals surface area contributed by atoms with Gasteiger partial charge < -0.3 is 0 Å². The Hall–Kier alpha value is -1.44. The molecule has 1 unspecified atom stereocenters. The first-order chi connectivity index (χ1) is 18.6. The van der Waals surface area contributed by atoms with Crippen LogP contribution in [0, 0.1) is 35.3 Å². The molecule has 1 atom stereocenters. The summed E-state index contributed by atoms with van der Waals surface area (Å²) in [5, 5.41) is 0. The standard InChI is InChI=1S/C36H54F2/c1-3-5-7-8-9-10-12-33-25-26-34(36(38)35(33)37)32-23-21-31(22-24-32)30-19-17-29(18-20-30)28-15-13-27(14-16-28)11-6-4-2/h6,11,21,25-30,32H,3-5,7-10,12-20,22-24H2,1-2H3/b11-6+. The van der Waals surface area contributed by atoms with E-state index in [4.69, 9.17) is 0 Å². The lowest BCUT2D eigenvalue weighted by Crippen LogP contribution is -2.26. The fourth-order valence-corrected chi connectivity index (χ4v) is 7.82. The van der Waals surface area contributed by atoms with E-state index in [-0.39, 0.29) is 5.92 Å². The Labute approximate surface area is 232 Å². The van der Waals surface area contributed by atoms with E-state index < -0.39 is 11.6 Å². The van der Waals surface area contributed by atoms with Gasteiger partial charge in [-0.3, -0.25) is 0 Å². The van der Waals surface area contributed by atoms with Gasteiger partial charge in [0.15, 0.2) is 11.6 Å². The second-order valence-corrected chi connectivity index (χ2v) is 12.8. The van der Waals surface area contributed by atoms with Gasteiger partial charge in [-0.05, 0) is 131 Å². The van der Waals surface area contributed by atoms with Crippen molar-refractivity contribution >= 4 is 0 Å². The van der Waals surface area contributed by atoms with Gasteiger partial charge in [0.2, 0.25) is 0 Å². The molecule has 0 amide bonds. The van der Waals surface area contributed by atoms with Gasteiger partial charge in [0.05, 0.1) is 0 Å². The average Bonchev–Trinajstić information content (AvgIpc) is 2.96. The Morgan fingerprint density at radius 3 is 2.08 bits per heavy atom. The highest BCUT2D eigenvalue weighted by molar-refractivity contribution is 5.31. The van der Waals surface area contributed by atoms with Crippen molar-refractivity contribution in [3.63, 3.8) is 0 Å². The van der Waals surface area contributed by atoms with Crippen molar-refractivity contribution in [1.29, 1.82) is 0 Å². The van der Waals surface area contributed by atoms with Crippen LogP contribution < -0.4 is 0 Å². The molecule has 2 saturated carbocycles. The third kappa shape index (κ3) is 8.04. The number of unbranched alkanes of at least 4 members (excludes halogenated alkanes) is 5. The molecule has 0 spiro atoms. The van der Waals surface area contributed by atoms with Crippen molar-refractivity contribution in [2.24, 2.45) is 23.7 Å². The second kappa shape index (κ2) is 15.4. The monoisotopic (exact) mass is 524 g/mol. The summed E-state index contributed by atoms with van der Waals surface area (Å²) in [5.74, 6) is 2.43. The van der Waals surface area contributed by atoms with E-state index in [1.54, 1.807) is 5.57 Å². The molecule has 0 bridgehead atoms. The zero-order valence-electron chi connectivity index (χ0n) is 24.5. The Bertz CT molecular complexity index is 896. The number of hydrogen-bond donors (Lipinski definition) is 0. The molecule has 1 aromatic carbocycles. The first-order valence-corrected chi connectivity index (χ1v) is 16.4. The van der Waals surface area contributed by atoms with E-state index in [0.717, 1.165) is 62.2 Å². The Kier molecular flexibility index (Phi) is 12.0. The van der Waals surface area contributed by atoms with Crippen molar-refractivity contribution in [2.45, 2.75) is 142 Å². The summed E-state index contributed by atoms with van der Waals surface area (Å²) in [4.78, 5) is 0. The molecule has 38 heavy (non-hydrogen) atoms. The molecule has 0 aromatic heterocycles. The quantitative estimate of drug-likeness (QED) is 0.188. The Balaban J connectivity index is 1.22. The molecule has 0 saturated heterocycles. The maximum absolute atomic E-state index is 15.1. The van der Waals surface area contributed by atoms with Crippen molar-refractivity contribution < 1.29 is 8.78 Å². The lowest BCUT2D eigenvalue weighted by molar-refractivity contribution is 0.162. The number of halogens is 2. The van der Waals surface area contributed by atoms with E-state index in [1.165, 1.54) is 77.0 Å². The second-order valence-electron chi connectivity index (χ2n) is 12.8. The topological polar surface area (TPSA) is 0 Å². The first-order valence-electron chi connectivity index (χ1n) is 16.4. The van der Waals surface area contributed by atoms with Gasteiger partial charge in [-0.25, -0.2) is 8.78 Å². The minimum Gasteiger partial charge on any atom is -0.203 e. The van der Waals surface area contributed by atoms with Crippen LogP contribution in [-0.2, 0) is 6.42 Å². The van der Waals surface area contributed by atoms with E-state index in [1.807, 2.05) is 12.1 Å². The summed E-state index contributed by atoms with van der Waals surface area (Å²) in [5.41, 5.74) is 2.79. The Morgan fingerprint density at radius 2 is 1.42 bits per heavy atom. The van der Waals surface area contributed by atoms with Gasteiger partial charge in [-0.1, -0.05) is 81.9 Å². The number of rotatable bonds is 12. The molecule has 1 aromatic rings. The van der Waals surface area contributed by atoms with Crippen LogP contribution in [0.5, 0.6) is 0 Å². The molecule has 0 heterocycles. The molecule has 212 valence electrons. The third-order valence-corrected chi connectivity index (χ3v) is 10.3. The van der Waals surface area contributed by atoms with Crippen molar-refractivity contribution in [3.05, 3.63) is 58.7 Å². The number of allylic oxidation sites excluding steroid dienone is 4. The maximum atomic E-state index is 15.1. The largest absolute Gasteiger partial charge is 0.203 e. The van der Waals surface area contributed by atoms with E-state index in [9.17, 15) is 4.39 Å². The van der Waals surface area contributed by atoms with Gasteiger partial charge in [0, 0.05) is 0 Å². The molecule has 0 nitrogen and oxygen atoms in total. The summed E-state index contributed by atoms with van der Waals surface area (Å²) in [7, 11) is 0. The summed E-state index contributed by atoms with van der Waals surface area (Å²) in [6.07, 6.45) is 30.1. The van der Waals surface area contributed by atoms with E-state index in [0.29, 0.717) is 17.5 Å². The summed E-state index contributed by atoms with van der Waals surface area (Å²) in [6, 6.07) is 3.76. The smallest absolute Gasteiger partial charge is 0.162 e. The minimum absolute atomic E-state index is 0.129. The van der Waals surface area contributed by atoms with Crippen LogP contribution in [0.2, 0.25) is 0 Å². The van der Waals surface area contributed by atoms with Gasteiger partial charge >= 0.3 is 0 Å². The van der Waals surface area contributed by atoms with Crippen LogP contribution in [0.4, 0.5) is 8.78 Å². The van der Waals surface area contributed by atoms with Crippen LogP contribution in [-0.4, -0.2) is 0 Å². The van der Waals surface area contributed by atoms with Crippen LogP contribution in [0.25, 0.3) is 0 Å². The van der Waals surface area contributed by atoms with E-state index in [2.05, 4.69) is 32.1 Å². The normalized spacial score (nSPS) is 28.5. The minimum atomic E-state index is -0.584. The zero-order chi connectivity index (χ0) is 26.7. The molecule has 0 radical (unpaired) electrons. The zero-order valence-corrected chi connectivity index (χ0v) is 24.5. The van der Waals surface area contributed by atoms with E-state index >= 15 is 4.39 Å². The molecule has 0 N–H and O–H groups in total. The van der Waals surface area contributed by atoms with Gasteiger partial charge in [0.25, 0.3) is 0 Å². The highest BCUT2D eigenvalue weighted by Crippen LogP contribution is 2.45. The summed E-state index contributed by atoms with van der Waals surface area (Å²) < 4.78 is 30.0. The lowest BCUT2D eigenvalue weighted by Gasteiger charge is -2.38. The van der Waals surface area contributed by atoms with Crippen molar-refractivity contribution in [3.8, 4) is 0 Å². The Morgan fingerprint density at radius 1 is 0.737 bits per heavy atom. The first kappa shape index (κ1) is 29.5. The number of hydrogen-bond acceptors (Lipinski definition) is 0. The molecule has 3 aliphatic carbocycles. The van der Waals surface area contributed by atoms with Crippen molar-refractivity contribution in [2.75, 3.05) is 0 Å². The molecule has 4 rings (SSSR count). The van der Waals surface area contributed by atoms with Gasteiger partial charge in [-0.2, -0.15) is 0 Å². The molecule has 2 heteroatoms. The molecular formula is C36H54F2. The van der Waals surface area contributed by atoms with Crippen LogP contribution >= 0.6 is 0 Å². The lowest BCUT2D eigenvalue weighted by atomic mass is 9.67. The highest BCUT2D eigenvalue weighted by atomic mass is 19.2. The maximum Gasteiger partial charge on any atom is 0.162 e. The predicted molar refractivity (Wildman–Crippen MR) is 158 cm³/mol.